The van der Waals surface area contributed by atoms with Gasteiger partial charge in [-0.25, -0.2) is 4.79 Å². The summed E-state index contributed by atoms with van der Waals surface area (Å²) < 4.78 is 22.4. The van der Waals surface area contributed by atoms with Crippen molar-refractivity contribution in [2.75, 3.05) is 12.5 Å². The monoisotopic (exact) mass is 398 g/mol. The number of hydrogen-bond donors (Lipinski definition) is 3. The van der Waals surface area contributed by atoms with Crippen molar-refractivity contribution in [1.82, 2.24) is 9.55 Å². The van der Waals surface area contributed by atoms with Crippen molar-refractivity contribution >= 4 is 15.5 Å². The van der Waals surface area contributed by atoms with Crippen LogP contribution in [0.5, 0.6) is 0 Å². The van der Waals surface area contributed by atoms with E-state index in [1.54, 1.807) is 0 Å². The van der Waals surface area contributed by atoms with E-state index in [4.69, 9.17) is 4.74 Å². The summed E-state index contributed by atoms with van der Waals surface area (Å²) >= 11 is 0. The Morgan fingerprint density at radius 2 is 2.12 bits per heavy atom. The maximum absolute atomic E-state index is 11.8. The second-order valence-electron chi connectivity index (χ2n) is 5.60. The fourth-order valence-electron chi connectivity index (χ4n) is 2.29. The van der Waals surface area contributed by atoms with Crippen LogP contribution in [0.25, 0.3) is 0 Å². The molecule has 0 amide bonds. The van der Waals surface area contributed by atoms with Crippen LogP contribution >= 0.6 is 15.5 Å². The summed E-state index contributed by atoms with van der Waals surface area (Å²) in [4.78, 5) is 66.2. The van der Waals surface area contributed by atoms with E-state index in [1.807, 2.05) is 0 Å². The zero-order valence-electron chi connectivity index (χ0n) is 12.9. The molecule has 142 valence electrons. The number of aromatic nitrogens is 2. The number of hydrogen-bond acceptors (Lipinski definition) is 9. The molecule has 1 unspecified atom stereocenters. The first-order valence-corrected chi connectivity index (χ1v) is 10.5. The molecule has 14 heteroatoms. The number of rotatable bonds is 6. The minimum absolute atomic E-state index is 0.0727. The summed E-state index contributed by atoms with van der Waals surface area (Å²) in [6.45, 7) is 0.801. The van der Waals surface area contributed by atoms with Gasteiger partial charge in [0.15, 0.2) is 0 Å². The lowest BCUT2D eigenvalue weighted by Gasteiger charge is -2.42. The molecular weight excluding hydrogens is 382 g/mol. The number of aryl methyl sites for hydroxylation is 1. The third-order valence-electron chi connectivity index (χ3n) is 3.45. The van der Waals surface area contributed by atoms with Crippen molar-refractivity contribution in [3.8, 4) is 0 Å². The Bertz CT molecular complexity index is 784. The van der Waals surface area contributed by atoms with E-state index >= 15 is 0 Å². The predicted molar refractivity (Wildman–Crippen MR) is 78.2 cm³/mol. The molecule has 1 aromatic heterocycles. The van der Waals surface area contributed by atoms with E-state index in [2.05, 4.69) is 9.51 Å². The molecule has 0 spiro atoms. The van der Waals surface area contributed by atoms with Gasteiger partial charge in [-0.05, 0) is 6.92 Å². The zero-order valence-corrected chi connectivity index (χ0v) is 14.7. The van der Waals surface area contributed by atoms with Gasteiger partial charge in [0, 0.05) is 18.2 Å². The number of nitrogens with zero attached hydrogens (tertiary/aromatic N) is 1. The second kappa shape index (κ2) is 7.36. The quantitative estimate of drug-likeness (QED) is 0.404. The second-order valence-corrected chi connectivity index (χ2v) is 9.48. The lowest BCUT2D eigenvalue weighted by atomic mass is 10.2. The smallest absolute Gasteiger partial charge is 0.363 e. The Morgan fingerprint density at radius 1 is 1.48 bits per heavy atom. The molecule has 1 saturated heterocycles. The van der Waals surface area contributed by atoms with Crippen LogP contribution in [-0.4, -0.2) is 44.3 Å². The van der Waals surface area contributed by atoms with E-state index in [0.29, 0.717) is 0 Å². The highest BCUT2D eigenvalue weighted by atomic mass is 31.3. The Morgan fingerprint density at radius 3 is 2.72 bits per heavy atom. The number of aliphatic hydroxyl groups is 1. The van der Waals surface area contributed by atoms with Gasteiger partial charge in [-0.2, -0.15) is 7.94 Å². The fraction of sp³-hybridized carbons (Fsp3) is 0.636. The summed E-state index contributed by atoms with van der Waals surface area (Å²) in [6, 6.07) is 0. The first-order valence-electron chi connectivity index (χ1n) is 7.01. The van der Waals surface area contributed by atoms with Crippen LogP contribution in [-0.2, 0) is 13.8 Å². The molecule has 0 radical (unpaired) electrons. The fourth-order valence-corrected chi connectivity index (χ4v) is 4.74. The van der Waals surface area contributed by atoms with Gasteiger partial charge in [0.05, 0.1) is 12.7 Å². The van der Waals surface area contributed by atoms with E-state index < -0.39 is 57.7 Å². The van der Waals surface area contributed by atoms with Crippen molar-refractivity contribution in [3.63, 3.8) is 0 Å². The molecule has 2 rings (SSSR count). The first kappa shape index (κ1) is 20.4. The van der Waals surface area contributed by atoms with Crippen LogP contribution in [0.15, 0.2) is 15.8 Å². The van der Waals surface area contributed by atoms with Crippen molar-refractivity contribution in [3.05, 3.63) is 32.6 Å². The number of H-pyrrole nitrogens is 1. The SMILES string of the molecule is Cc1cn([C@H]2C[C@H](O)[C@@H](COP(=O)(O)C[P+]([O-])([O-])[O-])O2)c(=O)[nH]c1=O. The number of ether oxygens (including phenoxy) is 1. The lowest BCUT2D eigenvalue weighted by Crippen LogP contribution is -2.35. The summed E-state index contributed by atoms with van der Waals surface area (Å²) in [7, 11) is -9.96. The van der Waals surface area contributed by atoms with Gasteiger partial charge < -0.3 is 33.9 Å². The number of aromatic amines is 1. The van der Waals surface area contributed by atoms with E-state index in [1.165, 1.54) is 13.1 Å². The van der Waals surface area contributed by atoms with Crippen molar-refractivity contribution in [2.24, 2.45) is 0 Å². The molecular formula is C11H16N2O10P2-2. The van der Waals surface area contributed by atoms with Gasteiger partial charge in [-0.15, -0.1) is 0 Å². The highest BCUT2D eigenvalue weighted by molar-refractivity contribution is 7.71. The van der Waals surface area contributed by atoms with Gasteiger partial charge in [0.25, 0.3) is 5.56 Å². The average molecular weight is 398 g/mol. The van der Waals surface area contributed by atoms with Crippen molar-refractivity contribution in [2.45, 2.75) is 31.8 Å². The van der Waals surface area contributed by atoms with Crippen molar-refractivity contribution < 1.29 is 38.5 Å². The van der Waals surface area contributed by atoms with Gasteiger partial charge in [-0.3, -0.25) is 18.9 Å². The highest BCUT2D eigenvalue weighted by Crippen LogP contribution is 2.53. The molecule has 3 N–H and O–H groups in total. The van der Waals surface area contributed by atoms with E-state index in [9.17, 15) is 38.8 Å². The Kier molecular flexibility index (Phi) is 5.99. The highest BCUT2D eigenvalue weighted by Gasteiger charge is 2.37. The molecule has 0 bridgehead atoms. The largest absolute Gasteiger partial charge is 0.687 e. The van der Waals surface area contributed by atoms with Gasteiger partial charge in [0.1, 0.15) is 18.2 Å². The molecule has 1 fully saturated rings. The zero-order chi connectivity index (χ0) is 19.0. The standard InChI is InChI=1S/C11H18N2O10P2/c1-6-3-13(11(16)12-10(6)15)9-2-7(14)8(23-9)4-22-25(20,21)5-24(17,18)19/h3,7-9,14H,2,4-5H2,1H3,(H,20,21)(H,12,15,16)(H2,17,18,19)/p-2/t7-,8+,9+/m0/s1. The third-order valence-corrected chi connectivity index (χ3v) is 6.82. The molecule has 1 aromatic rings. The van der Waals surface area contributed by atoms with E-state index in [-0.39, 0.29) is 12.0 Å². The molecule has 4 atom stereocenters. The minimum Gasteiger partial charge on any atom is -0.687 e. The molecule has 0 aliphatic carbocycles. The number of nitrogens with one attached hydrogen (secondary N) is 1. The average Bonchev–Trinajstić information content (AvgIpc) is 2.79. The van der Waals surface area contributed by atoms with Crippen molar-refractivity contribution in [1.29, 1.82) is 0 Å². The minimum atomic E-state index is -5.26. The Balaban J connectivity index is 2.05. The third kappa shape index (κ3) is 5.52. The summed E-state index contributed by atoms with van der Waals surface area (Å²) in [6.07, 6.45) is -2.12. The van der Waals surface area contributed by atoms with E-state index in [0.717, 1.165) is 4.57 Å². The van der Waals surface area contributed by atoms with Crippen LogP contribution in [0.4, 0.5) is 0 Å². The summed E-state index contributed by atoms with van der Waals surface area (Å²) in [5.74, 6) is -1.58. The summed E-state index contributed by atoms with van der Waals surface area (Å²) in [5, 5.41) is 9.92. The van der Waals surface area contributed by atoms with Gasteiger partial charge in [0.2, 0.25) is 0 Å². The predicted octanol–water partition coefficient (Wildman–Crippen LogP) is -3.50. The molecule has 0 aromatic carbocycles. The van der Waals surface area contributed by atoms with Crippen LogP contribution in [0.2, 0.25) is 0 Å². The molecule has 1 aliphatic heterocycles. The Labute approximate surface area is 141 Å². The molecule has 12 nitrogen and oxygen atoms in total. The maximum Gasteiger partial charge on any atom is 0.363 e. The van der Waals surface area contributed by atoms with Crippen LogP contribution in [0, 0.1) is 6.92 Å². The van der Waals surface area contributed by atoms with Gasteiger partial charge >= 0.3 is 13.3 Å². The molecule has 0 saturated carbocycles. The van der Waals surface area contributed by atoms with Crippen LogP contribution < -0.4 is 25.9 Å². The lowest BCUT2D eigenvalue weighted by molar-refractivity contribution is -0.426. The normalized spacial score (nSPS) is 26.6. The van der Waals surface area contributed by atoms with Crippen LogP contribution in [0.1, 0.15) is 18.2 Å². The Hall–Kier alpha value is -0.940. The molecule has 1 aliphatic rings. The summed E-state index contributed by atoms with van der Waals surface area (Å²) in [5.41, 5.74) is -1.10. The number of aliphatic hydroxyl groups excluding tert-OH is 1. The maximum atomic E-state index is 11.8. The topological polar surface area (TPSA) is 200 Å². The molecule has 2 heterocycles. The van der Waals surface area contributed by atoms with Crippen LogP contribution in [0.3, 0.4) is 0 Å². The molecule has 25 heavy (non-hydrogen) atoms. The van der Waals surface area contributed by atoms with Gasteiger partial charge in [-0.1, -0.05) is 0 Å². The first-order chi connectivity index (χ1) is 11.4.